The zero-order valence-corrected chi connectivity index (χ0v) is 14.6. The van der Waals surface area contributed by atoms with Crippen LogP contribution in [0.5, 0.6) is 0 Å². The van der Waals surface area contributed by atoms with Crippen LogP contribution in [0.25, 0.3) is 0 Å². The fourth-order valence-corrected chi connectivity index (χ4v) is 4.67. The van der Waals surface area contributed by atoms with E-state index in [1.807, 2.05) is 26.0 Å². The van der Waals surface area contributed by atoms with Gasteiger partial charge in [0.15, 0.2) is 0 Å². The van der Waals surface area contributed by atoms with Crippen LogP contribution < -0.4 is 9.62 Å². The van der Waals surface area contributed by atoms with Gasteiger partial charge in [0.05, 0.1) is 0 Å². The minimum absolute atomic E-state index is 0.0574. The van der Waals surface area contributed by atoms with Gasteiger partial charge in [-0.2, -0.15) is 0 Å². The number of carbonyl (C=O) groups excluding carboxylic acids is 1. The second kappa shape index (κ2) is 5.98. The molecule has 5 nitrogen and oxygen atoms in total. The van der Waals surface area contributed by atoms with Crippen LogP contribution in [0.4, 0.5) is 11.4 Å². The minimum Gasteiger partial charge on any atom is -0.312 e. The number of anilines is 2. The minimum atomic E-state index is -3.54. The number of hydrogen-bond donors (Lipinski definition) is 1. The largest absolute Gasteiger partial charge is 0.312 e. The first-order valence-corrected chi connectivity index (χ1v) is 9.75. The highest BCUT2D eigenvalue weighted by molar-refractivity contribution is 7.94. The second-order valence-electron chi connectivity index (χ2n) is 5.78. The van der Waals surface area contributed by atoms with Crippen molar-refractivity contribution in [1.29, 1.82) is 0 Å². The van der Waals surface area contributed by atoms with Gasteiger partial charge in [-0.05, 0) is 41.6 Å². The van der Waals surface area contributed by atoms with Crippen molar-refractivity contribution < 1.29 is 13.2 Å². The predicted octanol–water partition coefficient (Wildman–Crippen LogP) is 3.09. The van der Waals surface area contributed by atoms with Crippen LogP contribution in [0.15, 0.2) is 39.9 Å². The number of benzene rings is 1. The van der Waals surface area contributed by atoms with Crippen molar-refractivity contribution in [1.82, 2.24) is 0 Å². The molecule has 0 saturated carbocycles. The molecule has 1 amide bonds. The molecule has 3 rings (SSSR count). The third-order valence-corrected chi connectivity index (χ3v) is 6.53. The SMILES string of the molecule is CC(C)C(=O)N1CCc2cc(NS(=O)(=O)c3cccs3)ccc21. The number of amides is 1. The Morgan fingerprint density at radius 2 is 2.09 bits per heavy atom. The van der Waals surface area contributed by atoms with Gasteiger partial charge in [-0.15, -0.1) is 11.3 Å². The number of nitrogens with one attached hydrogen (secondary N) is 1. The average Bonchev–Trinajstić information content (AvgIpc) is 3.15. The highest BCUT2D eigenvalue weighted by Crippen LogP contribution is 2.32. The van der Waals surface area contributed by atoms with Gasteiger partial charge in [0.1, 0.15) is 4.21 Å². The molecule has 2 aromatic rings. The van der Waals surface area contributed by atoms with Gasteiger partial charge in [-0.3, -0.25) is 9.52 Å². The number of fused-ring (bicyclic) bond motifs is 1. The fraction of sp³-hybridized carbons (Fsp3) is 0.312. The summed E-state index contributed by atoms with van der Waals surface area (Å²) in [5, 5.41) is 1.73. The lowest BCUT2D eigenvalue weighted by Gasteiger charge is -2.19. The maximum absolute atomic E-state index is 12.3. The first kappa shape index (κ1) is 16.0. The van der Waals surface area contributed by atoms with E-state index in [4.69, 9.17) is 0 Å². The van der Waals surface area contributed by atoms with E-state index in [0.717, 1.165) is 17.7 Å². The first-order valence-electron chi connectivity index (χ1n) is 7.39. The molecule has 1 aromatic heterocycles. The van der Waals surface area contributed by atoms with Crippen LogP contribution in [0.2, 0.25) is 0 Å². The molecule has 23 heavy (non-hydrogen) atoms. The van der Waals surface area contributed by atoms with E-state index >= 15 is 0 Å². The summed E-state index contributed by atoms with van der Waals surface area (Å²) in [6, 6.07) is 8.61. The number of carbonyl (C=O) groups is 1. The smallest absolute Gasteiger partial charge is 0.271 e. The molecule has 122 valence electrons. The Balaban J connectivity index is 1.85. The third kappa shape index (κ3) is 3.11. The number of hydrogen-bond acceptors (Lipinski definition) is 4. The van der Waals surface area contributed by atoms with Crippen molar-refractivity contribution in [3.63, 3.8) is 0 Å². The monoisotopic (exact) mass is 350 g/mol. The summed E-state index contributed by atoms with van der Waals surface area (Å²) >= 11 is 1.18. The molecule has 7 heteroatoms. The van der Waals surface area contributed by atoms with E-state index in [1.54, 1.807) is 28.5 Å². The summed E-state index contributed by atoms with van der Waals surface area (Å²) < 4.78 is 27.4. The lowest BCUT2D eigenvalue weighted by molar-refractivity contribution is -0.121. The molecule has 0 radical (unpaired) electrons. The molecule has 0 bridgehead atoms. The van der Waals surface area contributed by atoms with Crippen molar-refractivity contribution in [2.75, 3.05) is 16.2 Å². The highest BCUT2D eigenvalue weighted by Gasteiger charge is 2.26. The molecule has 1 N–H and O–H groups in total. The Kier molecular flexibility index (Phi) is 4.16. The lowest BCUT2D eigenvalue weighted by Crippen LogP contribution is -2.32. The van der Waals surface area contributed by atoms with E-state index in [-0.39, 0.29) is 16.0 Å². The Morgan fingerprint density at radius 1 is 1.30 bits per heavy atom. The molecule has 0 unspecified atom stereocenters. The van der Waals surface area contributed by atoms with Gasteiger partial charge in [0, 0.05) is 23.8 Å². The fourth-order valence-electron chi connectivity index (χ4n) is 2.63. The van der Waals surface area contributed by atoms with Crippen molar-refractivity contribution in [3.8, 4) is 0 Å². The Bertz CT molecular complexity index is 827. The van der Waals surface area contributed by atoms with Crippen LogP contribution >= 0.6 is 11.3 Å². The van der Waals surface area contributed by atoms with Crippen molar-refractivity contribution >= 4 is 38.6 Å². The van der Waals surface area contributed by atoms with Crippen LogP contribution in [0.3, 0.4) is 0 Å². The van der Waals surface area contributed by atoms with Crippen molar-refractivity contribution in [2.24, 2.45) is 5.92 Å². The Labute approximate surface area is 140 Å². The quantitative estimate of drug-likeness (QED) is 0.921. The highest BCUT2D eigenvalue weighted by atomic mass is 32.2. The molecular formula is C16H18N2O3S2. The molecule has 0 atom stereocenters. The van der Waals surface area contributed by atoms with E-state index in [1.165, 1.54) is 11.3 Å². The van der Waals surface area contributed by atoms with Gasteiger partial charge in [-0.25, -0.2) is 8.42 Å². The molecule has 1 aromatic carbocycles. The van der Waals surface area contributed by atoms with Gasteiger partial charge in [-0.1, -0.05) is 19.9 Å². The number of nitrogens with zero attached hydrogens (tertiary/aromatic N) is 1. The molecule has 0 fully saturated rings. The van der Waals surface area contributed by atoms with Crippen LogP contribution in [-0.4, -0.2) is 20.9 Å². The summed E-state index contributed by atoms with van der Waals surface area (Å²) in [5.74, 6) is 0.0358. The summed E-state index contributed by atoms with van der Waals surface area (Å²) in [6.07, 6.45) is 0.738. The summed E-state index contributed by atoms with van der Waals surface area (Å²) in [7, 11) is -3.54. The van der Waals surface area contributed by atoms with Crippen LogP contribution in [0, 0.1) is 5.92 Å². The van der Waals surface area contributed by atoms with Gasteiger partial charge in [0.2, 0.25) is 5.91 Å². The van der Waals surface area contributed by atoms with Crippen LogP contribution in [-0.2, 0) is 21.2 Å². The van der Waals surface area contributed by atoms with E-state index in [9.17, 15) is 13.2 Å². The molecule has 0 aliphatic carbocycles. The molecule has 1 aliphatic rings. The predicted molar refractivity (Wildman–Crippen MR) is 92.5 cm³/mol. The molecule has 1 aliphatic heterocycles. The third-order valence-electron chi connectivity index (χ3n) is 3.75. The number of rotatable bonds is 4. The number of thiophene rings is 1. The van der Waals surface area contributed by atoms with Crippen molar-refractivity contribution in [2.45, 2.75) is 24.5 Å². The first-order chi connectivity index (χ1) is 10.9. The topological polar surface area (TPSA) is 66.5 Å². The van der Waals surface area contributed by atoms with Gasteiger partial charge < -0.3 is 4.90 Å². The summed E-state index contributed by atoms with van der Waals surface area (Å²) in [4.78, 5) is 14.0. The van der Waals surface area contributed by atoms with Gasteiger partial charge >= 0.3 is 0 Å². The van der Waals surface area contributed by atoms with Crippen molar-refractivity contribution in [3.05, 3.63) is 41.3 Å². The van der Waals surface area contributed by atoms with Gasteiger partial charge in [0.25, 0.3) is 10.0 Å². The molecule has 0 saturated heterocycles. The standard InChI is InChI=1S/C16H18N2O3S2/c1-11(2)16(19)18-8-7-12-10-13(5-6-14(12)18)17-23(20,21)15-4-3-9-22-15/h3-6,9-11,17H,7-8H2,1-2H3. The summed E-state index contributed by atoms with van der Waals surface area (Å²) in [6.45, 7) is 4.40. The zero-order valence-electron chi connectivity index (χ0n) is 12.9. The van der Waals surface area contributed by atoms with E-state index < -0.39 is 10.0 Å². The molecule has 0 spiro atoms. The van der Waals surface area contributed by atoms with E-state index in [0.29, 0.717) is 12.2 Å². The second-order valence-corrected chi connectivity index (χ2v) is 8.63. The van der Waals surface area contributed by atoms with E-state index in [2.05, 4.69) is 4.72 Å². The Hall–Kier alpha value is -1.86. The lowest BCUT2D eigenvalue weighted by atomic mass is 10.1. The molecular weight excluding hydrogens is 332 g/mol. The molecule has 2 heterocycles. The maximum atomic E-state index is 12.3. The summed E-state index contributed by atoms with van der Waals surface area (Å²) in [5.41, 5.74) is 2.39. The average molecular weight is 350 g/mol. The zero-order chi connectivity index (χ0) is 16.6. The van der Waals surface area contributed by atoms with Crippen LogP contribution in [0.1, 0.15) is 19.4 Å². The number of sulfonamides is 1. The normalized spacial score (nSPS) is 14.1. The maximum Gasteiger partial charge on any atom is 0.271 e. The Morgan fingerprint density at radius 3 is 2.74 bits per heavy atom.